The fourth-order valence-electron chi connectivity index (χ4n) is 2.10. The van der Waals surface area contributed by atoms with Crippen molar-refractivity contribution in [1.29, 1.82) is 0 Å². The minimum Gasteiger partial charge on any atom is -0.496 e. The molecule has 0 unspecified atom stereocenters. The second-order valence-electron chi connectivity index (χ2n) is 4.71. The Balaban J connectivity index is 1.98. The van der Waals surface area contributed by atoms with Crippen LogP contribution in [0.15, 0.2) is 36.7 Å². The van der Waals surface area contributed by atoms with Crippen molar-refractivity contribution in [2.24, 2.45) is 0 Å². The normalized spacial score (nSPS) is 10.5. The molecule has 1 aromatic heterocycles. The summed E-state index contributed by atoms with van der Waals surface area (Å²) in [5.74, 6) is 0.952. The minimum atomic E-state index is 0.832. The zero-order valence-electron chi connectivity index (χ0n) is 11.7. The lowest BCUT2D eigenvalue weighted by atomic mass is 10.0. The molecule has 2 aromatic rings. The quantitative estimate of drug-likeness (QED) is 0.893. The molecule has 19 heavy (non-hydrogen) atoms. The molecule has 0 radical (unpaired) electrons. The third kappa shape index (κ3) is 3.55. The molecule has 100 valence electrons. The Morgan fingerprint density at radius 3 is 2.68 bits per heavy atom. The fourth-order valence-corrected chi connectivity index (χ4v) is 2.10. The molecule has 0 aliphatic heterocycles. The number of methoxy groups -OCH3 is 1. The van der Waals surface area contributed by atoms with Crippen molar-refractivity contribution >= 4 is 0 Å². The topological polar surface area (TPSA) is 34.1 Å². The second kappa shape index (κ2) is 6.34. The van der Waals surface area contributed by atoms with Gasteiger partial charge in [0.05, 0.1) is 7.11 Å². The Hall–Kier alpha value is -1.87. The van der Waals surface area contributed by atoms with Crippen molar-refractivity contribution in [2.75, 3.05) is 7.11 Å². The second-order valence-corrected chi connectivity index (χ2v) is 4.71. The summed E-state index contributed by atoms with van der Waals surface area (Å²) in [5.41, 5.74) is 4.93. The van der Waals surface area contributed by atoms with E-state index in [1.165, 1.54) is 22.3 Å². The van der Waals surface area contributed by atoms with E-state index in [9.17, 15) is 0 Å². The van der Waals surface area contributed by atoms with Crippen LogP contribution in [0.1, 0.15) is 22.3 Å². The maximum atomic E-state index is 5.33. The van der Waals surface area contributed by atoms with E-state index in [0.29, 0.717) is 0 Å². The van der Waals surface area contributed by atoms with Gasteiger partial charge in [0.2, 0.25) is 0 Å². The number of aromatic nitrogens is 1. The van der Waals surface area contributed by atoms with Crippen LogP contribution in [-0.2, 0) is 13.1 Å². The first-order valence-corrected chi connectivity index (χ1v) is 6.44. The van der Waals surface area contributed by atoms with Gasteiger partial charge in [-0.2, -0.15) is 0 Å². The zero-order chi connectivity index (χ0) is 13.7. The number of hydrogen-bond acceptors (Lipinski definition) is 3. The van der Waals surface area contributed by atoms with Crippen molar-refractivity contribution in [3.05, 3.63) is 58.9 Å². The predicted molar refractivity (Wildman–Crippen MR) is 77.2 cm³/mol. The summed E-state index contributed by atoms with van der Waals surface area (Å²) in [6.07, 6.45) is 3.68. The first-order chi connectivity index (χ1) is 9.20. The zero-order valence-corrected chi connectivity index (χ0v) is 11.7. The highest BCUT2D eigenvalue weighted by atomic mass is 16.5. The van der Waals surface area contributed by atoms with Crippen molar-refractivity contribution in [3.63, 3.8) is 0 Å². The largest absolute Gasteiger partial charge is 0.496 e. The molecular formula is C16H20N2O. The van der Waals surface area contributed by atoms with Crippen molar-refractivity contribution < 1.29 is 4.74 Å². The number of nitrogens with one attached hydrogen (secondary N) is 1. The number of aryl methyl sites for hydroxylation is 2. The van der Waals surface area contributed by atoms with Crippen molar-refractivity contribution in [2.45, 2.75) is 26.9 Å². The van der Waals surface area contributed by atoms with Crippen LogP contribution in [0.5, 0.6) is 5.75 Å². The van der Waals surface area contributed by atoms with Gasteiger partial charge in [0.25, 0.3) is 0 Å². The van der Waals surface area contributed by atoms with Gasteiger partial charge in [0, 0.05) is 25.5 Å². The molecule has 0 saturated heterocycles. The standard InChI is InChI=1S/C16H20N2O/c1-12-8-16(19-3)13(2)7-15(12)11-18-10-14-5-4-6-17-9-14/h4-9,18H,10-11H2,1-3H3. The van der Waals surface area contributed by atoms with Gasteiger partial charge in [0.15, 0.2) is 0 Å². The first kappa shape index (κ1) is 13.6. The molecule has 1 heterocycles. The molecule has 0 bridgehead atoms. The number of nitrogens with zero attached hydrogens (tertiary/aromatic N) is 1. The third-order valence-electron chi connectivity index (χ3n) is 3.22. The van der Waals surface area contributed by atoms with E-state index in [2.05, 4.69) is 42.3 Å². The highest BCUT2D eigenvalue weighted by molar-refractivity contribution is 5.41. The Morgan fingerprint density at radius 1 is 1.16 bits per heavy atom. The van der Waals surface area contributed by atoms with Gasteiger partial charge < -0.3 is 10.1 Å². The van der Waals surface area contributed by atoms with Crippen LogP contribution in [0.2, 0.25) is 0 Å². The van der Waals surface area contributed by atoms with Gasteiger partial charge in [-0.15, -0.1) is 0 Å². The van der Waals surface area contributed by atoms with Crippen LogP contribution < -0.4 is 10.1 Å². The predicted octanol–water partition coefficient (Wildman–Crippen LogP) is 3.00. The molecule has 0 aliphatic rings. The molecule has 0 amide bonds. The number of hydrogen-bond donors (Lipinski definition) is 1. The highest BCUT2D eigenvalue weighted by Crippen LogP contribution is 2.22. The van der Waals surface area contributed by atoms with E-state index < -0.39 is 0 Å². The van der Waals surface area contributed by atoms with Gasteiger partial charge in [-0.25, -0.2) is 0 Å². The number of rotatable bonds is 5. The van der Waals surface area contributed by atoms with Gasteiger partial charge in [0.1, 0.15) is 5.75 Å². The molecule has 0 fully saturated rings. The molecule has 1 aromatic carbocycles. The van der Waals surface area contributed by atoms with E-state index in [1.807, 2.05) is 12.3 Å². The van der Waals surface area contributed by atoms with Gasteiger partial charge in [-0.05, 0) is 48.2 Å². The van der Waals surface area contributed by atoms with E-state index in [4.69, 9.17) is 4.74 Å². The third-order valence-corrected chi connectivity index (χ3v) is 3.22. The molecule has 0 aliphatic carbocycles. The van der Waals surface area contributed by atoms with Gasteiger partial charge >= 0.3 is 0 Å². The van der Waals surface area contributed by atoms with Crippen molar-refractivity contribution in [3.8, 4) is 5.75 Å². The summed E-state index contributed by atoms with van der Waals surface area (Å²) in [6.45, 7) is 5.87. The molecular weight excluding hydrogens is 236 g/mol. The Bertz CT molecular complexity index is 538. The molecule has 3 nitrogen and oxygen atoms in total. The SMILES string of the molecule is COc1cc(C)c(CNCc2cccnc2)cc1C. The van der Waals surface area contributed by atoms with Crippen LogP contribution in [0.4, 0.5) is 0 Å². The van der Waals surface area contributed by atoms with Gasteiger partial charge in [-0.3, -0.25) is 4.98 Å². The Morgan fingerprint density at radius 2 is 2.00 bits per heavy atom. The van der Waals surface area contributed by atoms with Crippen LogP contribution in [0.25, 0.3) is 0 Å². The van der Waals surface area contributed by atoms with E-state index in [1.54, 1.807) is 13.3 Å². The molecule has 1 N–H and O–H groups in total. The monoisotopic (exact) mass is 256 g/mol. The lowest BCUT2D eigenvalue weighted by molar-refractivity contribution is 0.411. The lowest BCUT2D eigenvalue weighted by Gasteiger charge is -2.12. The summed E-state index contributed by atoms with van der Waals surface area (Å²) in [6, 6.07) is 8.31. The van der Waals surface area contributed by atoms with Crippen LogP contribution >= 0.6 is 0 Å². The molecule has 0 atom stereocenters. The summed E-state index contributed by atoms with van der Waals surface area (Å²) in [4.78, 5) is 4.11. The van der Waals surface area contributed by atoms with Gasteiger partial charge in [-0.1, -0.05) is 12.1 Å². The molecule has 0 saturated carbocycles. The summed E-state index contributed by atoms with van der Waals surface area (Å²) in [7, 11) is 1.71. The first-order valence-electron chi connectivity index (χ1n) is 6.44. The molecule has 3 heteroatoms. The highest BCUT2D eigenvalue weighted by Gasteiger charge is 2.04. The molecule has 0 spiro atoms. The van der Waals surface area contributed by atoms with Crippen molar-refractivity contribution in [1.82, 2.24) is 10.3 Å². The number of pyridine rings is 1. The minimum absolute atomic E-state index is 0.832. The Labute approximate surface area is 114 Å². The van der Waals surface area contributed by atoms with E-state index in [-0.39, 0.29) is 0 Å². The fraction of sp³-hybridized carbons (Fsp3) is 0.312. The maximum absolute atomic E-state index is 5.33. The lowest BCUT2D eigenvalue weighted by Crippen LogP contribution is -2.13. The number of benzene rings is 1. The maximum Gasteiger partial charge on any atom is 0.122 e. The molecule has 2 rings (SSSR count). The smallest absolute Gasteiger partial charge is 0.122 e. The summed E-state index contributed by atoms with van der Waals surface area (Å²) in [5, 5.41) is 3.44. The van der Waals surface area contributed by atoms with Crippen LogP contribution in [-0.4, -0.2) is 12.1 Å². The average molecular weight is 256 g/mol. The number of ether oxygens (including phenoxy) is 1. The van der Waals surface area contributed by atoms with Crippen LogP contribution in [0, 0.1) is 13.8 Å². The Kier molecular flexibility index (Phi) is 4.53. The summed E-state index contributed by atoms with van der Waals surface area (Å²) >= 11 is 0. The summed E-state index contributed by atoms with van der Waals surface area (Å²) < 4.78 is 5.33. The van der Waals surface area contributed by atoms with E-state index in [0.717, 1.165) is 18.8 Å². The van der Waals surface area contributed by atoms with Crippen LogP contribution in [0.3, 0.4) is 0 Å². The van der Waals surface area contributed by atoms with E-state index >= 15 is 0 Å². The average Bonchev–Trinajstić information content (AvgIpc) is 2.43.